The van der Waals surface area contributed by atoms with Crippen LogP contribution in [0.5, 0.6) is 0 Å². The standard InChI is InChI=1S/C12H20N2O/c1-9-3-4-12(13-10(9)2)14-6-5-11(7-14)8-15/h3-4,9-11,15H,5-8H2,1-2H3/t9?,10?,11-/m1/s1. The van der Waals surface area contributed by atoms with Crippen LogP contribution in [-0.4, -0.2) is 41.6 Å². The number of nitrogens with zero attached hydrogens (tertiary/aromatic N) is 2. The van der Waals surface area contributed by atoms with E-state index in [0.717, 1.165) is 25.3 Å². The first kappa shape index (κ1) is 10.7. The van der Waals surface area contributed by atoms with Crippen molar-refractivity contribution in [2.24, 2.45) is 16.8 Å². The van der Waals surface area contributed by atoms with Crippen molar-refractivity contribution in [1.82, 2.24) is 4.90 Å². The van der Waals surface area contributed by atoms with Crippen LogP contribution in [0.1, 0.15) is 20.3 Å². The molecule has 1 saturated heterocycles. The molecule has 0 amide bonds. The summed E-state index contributed by atoms with van der Waals surface area (Å²) in [7, 11) is 0. The molecular formula is C12H20N2O. The van der Waals surface area contributed by atoms with Crippen molar-refractivity contribution in [2.75, 3.05) is 19.7 Å². The molecule has 0 bridgehead atoms. The van der Waals surface area contributed by atoms with Crippen LogP contribution in [0.3, 0.4) is 0 Å². The molecule has 0 radical (unpaired) electrons. The molecule has 3 heteroatoms. The number of aliphatic hydroxyl groups is 1. The molecule has 1 N–H and O–H groups in total. The van der Waals surface area contributed by atoms with Crippen LogP contribution >= 0.6 is 0 Å². The molecule has 0 aromatic carbocycles. The first-order chi connectivity index (χ1) is 7.20. The SMILES string of the molecule is CC1C=CC(N2CC[C@@H](CO)C2)=NC1C. The normalized spacial score (nSPS) is 35.8. The monoisotopic (exact) mass is 208 g/mol. The van der Waals surface area contributed by atoms with Gasteiger partial charge in [0.2, 0.25) is 0 Å². The number of rotatable bonds is 1. The van der Waals surface area contributed by atoms with Crippen LogP contribution in [0, 0.1) is 11.8 Å². The third-order valence-corrected chi connectivity index (χ3v) is 3.51. The molecule has 15 heavy (non-hydrogen) atoms. The minimum atomic E-state index is 0.305. The van der Waals surface area contributed by atoms with Gasteiger partial charge in [0.05, 0.1) is 6.04 Å². The van der Waals surface area contributed by atoms with Gasteiger partial charge in [0.15, 0.2) is 0 Å². The van der Waals surface area contributed by atoms with E-state index in [0.29, 0.717) is 24.5 Å². The van der Waals surface area contributed by atoms with Gasteiger partial charge in [0.1, 0.15) is 5.84 Å². The van der Waals surface area contributed by atoms with Crippen LogP contribution in [0.15, 0.2) is 17.1 Å². The number of amidine groups is 1. The summed E-state index contributed by atoms with van der Waals surface area (Å²) in [5.74, 6) is 2.09. The fraction of sp³-hybridized carbons (Fsp3) is 0.750. The van der Waals surface area contributed by atoms with Crippen LogP contribution in [0.25, 0.3) is 0 Å². The smallest absolute Gasteiger partial charge is 0.123 e. The summed E-state index contributed by atoms with van der Waals surface area (Å²) in [4.78, 5) is 6.98. The molecular weight excluding hydrogens is 188 g/mol. The van der Waals surface area contributed by atoms with Crippen LogP contribution in [-0.2, 0) is 0 Å². The average molecular weight is 208 g/mol. The second kappa shape index (κ2) is 4.35. The maximum Gasteiger partial charge on any atom is 0.123 e. The predicted octanol–water partition coefficient (Wildman–Crippen LogP) is 1.29. The van der Waals surface area contributed by atoms with Crippen molar-refractivity contribution >= 4 is 5.84 Å². The zero-order valence-electron chi connectivity index (χ0n) is 9.56. The Morgan fingerprint density at radius 2 is 2.33 bits per heavy atom. The van der Waals surface area contributed by atoms with Gasteiger partial charge in [-0.2, -0.15) is 0 Å². The fourth-order valence-corrected chi connectivity index (χ4v) is 2.14. The molecule has 0 aromatic rings. The molecule has 0 spiro atoms. The fourth-order valence-electron chi connectivity index (χ4n) is 2.14. The molecule has 2 rings (SSSR count). The van der Waals surface area contributed by atoms with Crippen molar-refractivity contribution in [3.05, 3.63) is 12.2 Å². The van der Waals surface area contributed by atoms with E-state index in [1.54, 1.807) is 0 Å². The maximum absolute atomic E-state index is 9.09. The quantitative estimate of drug-likeness (QED) is 0.705. The number of hydrogen-bond donors (Lipinski definition) is 1. The van der Waals surface area contributed by atoms with E-state index < -0.39 is 0 Å². The lowest BCUT2D eigenvalue weighted by molar-refractivity contribution is 0.232. The Bertz CT molecular complexity index is 285. The first-order valence-corrected chi connectivity index (χ1v) is 5.82. The molecule has 0 saturated carbocycles. The molecule has 2 aliphatic heterocycles. The summed E-state index contributed by atoms with van der Waals surface area (Å²) >= 11 is 0. The number of aliphatic imine (C=N–C) groups is 1. The zero-order valence-corrected chi connectivity index (χ0v) is 9.56. The van der Waals surface area contributed by atoms with E-state index in [1.165, 1.54) is 0 Å². The van der Waals surface area contributed by atoms with E-state index in [4.69, 9.17) is 5.11 Å². The Labute approximate surface area is 91.5 Å². The van der Waals surface area contributed by atoms with Gasteiger partial charge < -0.3 is 10.0 Å². The number of dihydropyridines is 1. The second-order valence-electron chi connectivity index (χ2n) is 4.73. The largest absolute Gasteiger partial charge is 0.396 e. The summed E-state index contributed by atoms with van der Waals surface area (Å²) in [6.45, 7) is 6.66. The van der Waals surface area contributed by atoms with Crippen molar-refractivity contribution in [3.8, 4) is 0 Å². The van der Waals surface area contributed by atoms with Crippen molar-refractivity contribution in [3.63, 3.8) is 0 Å². The van der Waals surface area contributed by atoms with Gasteiger partial charge in [0.25, 0.3) is 0 Å². The van der Waals surface area contributed by atoms with Gasteiger partial charge in [-0.05, 0) is 25.3 Å². The highest BCUT2D eigenvalue weighted by molar-refractivity contribution is 5.94. The van der Waals surface area contributed by atoms with Gasteiger partial charge in [-0.15, -0.1) is 0 Å². The van der Waals surface area contributed by atoms with E-state index in [9.17, 15) is 0 Å². The summed E-state index contributed by atoms with van der Waals surface area (Å²) < 4.78 is 0. The maximum atomic E-state index is 9.09. The van der Waals surface area contributed by atoms with Crippen LogP contribution in [0.2, 0.25) is 0 Å². The van der Waals surface area contributed by atoms with Gasteiger partial charge >= 0.3 is 0 Å². The molecule has 2 unspecified atom stereocenters. The van der Waals surface area contributed by atoms with Gasteiger partial charge in [-0.25, -0.2) is 0 Å². The highest BCUT2D eigenvalue weighted by Gasteiger charge is 2.25. The van der Waals surface area contributed by atoms with E-state index >= 15 is 0 Å². The molecule has 84 valence electrons. The molecule has 3 nitrogen and oxygen atoms in total. The highest BCUT2D eigenvalue weighted by Crippen LogP contribution is 2.20. The molecule has 0 aromatic heterocycles. The van der Waals surface area contributed by atoms with E-state index in [1.807, 2.05) is 0 Å². The first-order valence-electron chi connectivity index (χ1n) is 5.82. The Hall–Kier alpha value is -0.830. The Morgan fingerprint density at radius 3 is 2.93 bits per heavy atom. The number of hydrogen-bond acceptors (Lipinski definition) is 3. The van der Waals surface area contributed by atoms with Gasteiger partial charge in [-0.1, -0.05) is 13.0 Å². The number of aliphatic hydroxyl groups excluding tert-OH is 1. The summed E-state index contributed by atoms with van der Waals surface area (Å²) in [5.41, 5.74) is 0. The number of likely N-dealkylation sites (tertiary alicyclic amines) is 1. The third-order valence-electron chi connectivity index (χ3n) is 3.51. The molecule has 2 aliphatic rings. The summed E-state index contributed by atoms with van der Waals surface area (Å²) in [6, 6.07) is 0.387. The Morgan fingerprint density at radius 1 is 1.53 bits per heavy atom. The lowest BCUT2D eigenvalue weighted by atomic mass is 10.0. The topological polar surface area (TPSA) is 35.8 Å². The summed E-state index contributed by atoms with van der Waals surface area (Å²) in [6.07, 6.45) is 5.46. The molecule has 0 aliphatic carbocycles. The van der Waals surface area contributed by atoms with Crippen molar-refractivity contribution in [2.45, 2.75) is 26.3 Å². The van der Waals surface area contributed by atoms with Gasteiger partial charge in [-0.3, -0.25) is 4.99 Å². The third kappa shape index (κ3) is 2.23. The minimum absolute atomic E-state index is 0.305. The summed E-state index contributed by atoms with van der Waals surface area (Å²) in [5, 5.41) is 9.09. The Kier molecular flexibility index (Phi) is 3.10. The second-order valence-corrected chi connectivity index (χ2v) is 4.73. The van der Waals surface area contributed by atoms with Crippen molar-refractivity contribution in [1.29, 1.82) is 0 Å². The lowest BCUT2D eigenvalue weighted by Crippen LogP contribution is -2.31. The van der Waals surface area contributed by atoms with Crippen LogP contribution in [0.4, 0.5) is 0 Å². The van der Waals surface area contributed by atoms with E-state index in [2.05, 4.69) is 35.9 Å². The predicted molar refractivity (Wildman–Crippen MR) is 62.0 cm³/mol. The lowest BCUT2D eigenvalue weighted by Gasteiger charge is -2.25. The van der Waals surface area contributed by atoms with Gasteiger partial charge in [0, 0.05) is 25.6 Å². The highest BCUT2D eigenvalue weighted by atomic mass is 16.3. The molecule has 3 atom stereocenters. The van der Waals surface area contributed by atoms with E-state index in [-0.39, 0.29) is 0 Å². The minimum Gasteiger partial charge on any atom is -0.396 e. The molecule has 2 heterocycles. The molecule has 1 fully saturated rings. The Balaban J connectivity index is 2.01. The average Bonchev–Trinajstić information content (AvgIpc) is 2.70. The van der Waals surface area contributed by atoms with Crippen molar-refractivity contribution < 1.29 is 5.11 Å². The zero-order chi connectivity index (χ0) is 10.8. The van der Waals surface area contributed by atoms with Crippen LogP contribution < -0.4 is 0 Å².